The van der Waals surface area contributed by atoms with Crippen molar-refractivity contribution in [3.8, 4) is 5.75 Å². The average Bonchev–Trinajstić information content (AvgIpc) is 2.68. The number of hydrogen-bond donors (Lipinski definition) is 0. The van der Waals surface area contributed by atoms with Crippen molar-refractivity contribution in [2.45, 2.75) is 27.7 Å². The van der Waals surface area contributed by atoms with E-state index in [2.05, 4.69) is 50.3 Å². The zero-order valence-electron chi connectivity index (χ0n) is 11.5. The van der Waals surface area contributed by atoms with Crippen LogP contribution in [-0.2, 0) is 0 Å². The summed E-state index contributed by atoms with van der Waals surface area (Å²) in [4.78, 5) is 12.7. The van der Waals surface area contributed by atoms with Crippen LogP contribution in [0.2, 0.25) is 0 Å². The van der Waals surface area contributed by atoms with Crippen molar-refractivity contribution in [2.24, 2.45) is 16.7 Å². The molecule has 0 unspecified atom stereocenters. The molecule has 18 heavy (non-hydrogen) atoms. The second-order valence-electron chi connectivity index (χ2n) is 6.09. The minimum atomic E-state index is 0.0658. The molecule has 1 aliphatic rings. The Morgan fingerprint density at radius 3 is 2.22 bits per heavy atom. The van der Waals surface area contributed by atoms with Gasteiger partial charge in [-0.15, -0.1) is 0 Å². The lowest BCUT2D eigenvalue weighted by Crippen LogP contribution is -2.09. The molecule has 0 spiro atoms. The molecule has 3 heteroatoms. The van der Waals surface area contributed by atoms with Crippen LogP contribution in [0.15, 0.2) is 18.2 Å². The number of ketones is 1. The van der Waals surface area contributed by atoms with E-state index in [4.69, 9.17) is 4.74 Å². The van der Waals surface area contributed by atoms with E-state index in [1.54, 1.807) is 7.11 Å². The van der Waals surface area contributed by atoms with Crippen molar-refractivity contribution in [2.75, 3.05) is 7.11 Å². The summed E-state index contributed by atoms with van der Waals surface area (Å²) in [6.45, 7) is 8.65. The van der Waals surface area contributed by atoms with E-state index in [0.717, 1.165) is 3.57 Å². The average molecular weight is 358 g/mol. The molecule has 98 valence electrons. The summed E-state index contributed by atoms with van der Waals surface area (Å²) in [5.41, 5.74) is 0.847. The third-order valence-corrected chi connectivity index (χ3v) is 5.38. The molecule has 1 saturated carbocycles. The number of hydrogen-bond acceptors (Lipinski definition) is 2. The van der Waals surface area contributed by atoms with Crippen LogP contribution in [0, 0.1) is 20.3 Å². The quantitative estimate of drug-likeness (QED) is 0.599. The lowest BCUT2D eigenvalue weighted by molar-refractivity contribution is 0.0942. The van der Waals surface area contributed by atoms with Crippen LogP contribution in [0.25, 0.3) is 0 Å². The number of benzene rings is 1. The van der Waals surface area contributed by atoms with Crippen LogP contribution >= 0.6 is 22.6 Å². The van der Waals surface area contributed by atoms with Crippen molar-refractivity contribution >= 4 is 28.4 Å². The van der Waals surface area contributed by atoms with Crippen molar-refractivity contribution in [3.05, 3.63) is 27.3 Å². The Morgan fingerprint density at radius 2 is 1.78 bits per heavy atom. The van der Waals surface area contributed by atoms with Gasteiger partial charge in [-0.25, -0.2) is 0 Å². The zero-order valence-corrected chi connectivity index (χ0v) is 13.7. The van der Waals surface area contributed by atoms with Gasteiger partial charge in [-0.2, -0.15) is 0 Å². The van der Waals surface area contributed by atoms with Gasteiger partial charge in [0.1, 0.15) is 5.75 Å². The Labute approximate surface area is 122 Å². The Bertz CT molecular complexity index is 489. The number of methoxy groups -OCH3 is 1. The molecule has 1 aliphatic carbocycles. The van der Waals surface area contributed by atoms with Gasteiger partial charge in [-0.05, 0) is 51.6 Å². The predicted molar refractivity (Wildman–Crippen MR) is 81.1 cm³/mol. The van der Waals surface area contributed by atoms with E-state index < -0.39 is 0 Å². The largest absolute Gasteiger partial charge is 0.496 e. The monoisotopic (exact) mass is 358 g/mol. The smallest absolute Gasteiger partial charge is 0.170 e. The third-order valence-electron chi connectivity index (χ3n) is 4.71. The molecule has 0 bridgehead atoms. The summed E-state index contributed by atoms with van der Waals surface area (Å²) >= 11 is 2.23. The van der Waals surface area contributed by atoms with Crippen LogP contribution in [0.3, 0.4) is 0 Å². The first-order chi connectivity index (χ1) is 8.23. The third kappa shape index (κ3) is 1.87. The Balaban J connectivity index is 2.40. The Morgan fingerprint density at radius 1 is 1.22 bits per heavy atom. The fraction of sp³-hybridized carbons (Fsp3) is 0.533. The second kappa shape index (κ2) is 4.22. The maximum absolute atomic E-state index is 12.7. The van der Waals surface area contributed by atoms with Gasteiger partial charge >= 0.3 is 0 Å². The van der Waals surface area contributed by atoms with Gasteiger partial charge in [0.25, 0.3) is 0 Å². The molecular formula is C15H19IO2. The van der Waals surface area contributed by atoms with E-state index in [1.165, 1.54) is 0 Å². The standard InChI is InChI=1S/C15H19IO2/c1-14(2)13(15(14,3)4)12(17)10-8-9(16)6-7-11(10)18-5/h6-8,13H,1-5H3. The van der Waals surface area contributed by atoms with Gasteiger partial charge < -0.3 is 4.74 Å². The molecule has 0 N–H and O–H groups in total. The minimum Gasteiger partial charge on any atom is -0.496 e. The fourth-order valence-electron chi connectivity index (χ4n) is 2.88. The molecule has 1 aromatic carbocycles. The summed E-state index contributed by atoms with van der Waals surface area (Å²) < 4.78 is 6.37. The lowest BCUT2D eigenvalue weighted by atomic mass is 10.0. The van der Waals surface area contributed by atoms with Crippen LogP contribution in [0.1, 0.15) is 38.1 Å². The Kier molecular flexibility index (Phi) is 3.24. The van der Waals surface area contributed by atoms with E-state index in [-0.39, 0.29) is 22.5 Å². The minimum absolute atomic E-state index is 0.0658. The summed E-state index contributed by atoms with van der Waals surface area (Å²) in [6, 6.07) is 5.75. The zero-order chi connectivity index (χ0) is 13.7. The van der Waals surface area contributed by atoms with Crippen molar-refractivity contribution in [1.82, 2.24) is 0 Å². The highest BCUT2D eigenvalue weighted by Crippen LogP contribution is 2.69. The first kappa shape index (κ1) is 13.8. The highest BCUT2D eigenvalue weighted by Gasteiger charge is 2.68. The molecule has 0 heterocycles. The topological polar surface area (TPSA) is 26.3 Å². The van der Waals surface area contributed by atoms with Crippen LogP contribution in [0.5, 0.6) is 5.75 Å². The summed E-state index contributed by atoms with van der Waals surface area (Å²) in [6.07, 6.45) is 0. The van der Waals surface area contributed by atoms with Gasteiger partial charge in [-0.3, -0.25) is 4.79 Å². The van der Waals surface area contributed by atoms with Gasteiger partial charge in [0.2, 0.25) is 0 Å². The first-order valence-electron chi connectivity index (χ1n) is 6.11. The molecular weight excluding hydrogens is 339 g/mol. The SMILES string of the molecule is COc1ccc(I)cc1C(=O)C1C(C)(C)C1(C)C. The molecule has 1 fully saturated rings. The van der Waals surface area contributed by atoms with E-state index in [0.29, 0.717) is 11.3 Å². The molecule has 0 aliphatic heterocycles. The number of rotatable bonds is 3. The predicted octanol–water partition coefficient (Wildman–Crippen LogP) is 4.16. The maximum Gasteiger partial charge on any atom is 0.170 e. The van der Waals surface area contributed by atoms with E-state index >= 15 is 0 Å². The highest BCUT2D eigenvalue weighted by molar-refractivity contribution is 14.1. The van der Waals surface area contributed by atoms with Crippen LogP contribution < -0.4 is 4.74 Å². The molecule has 0 aromatic heterocycles. The molecule has 0 radical (unpaired) electrons. The molecule has 2 rings (SSSR count). The van der Waals surface area contributed by atoms with E-state index in [1.807, 2.05) is 18.2 Å². The molecule has 0 atom stereocenters. The molecule has 0 amide bonds. The normalized spacial score (nSPS) is 20.6. The highest BCUT2D eigenvalue weighted by atomic mass is 127. The molecule has 2 nitrogen and oxygen atoms in total. The van der Waals surface area contributed by atoms with Crippen molar-refractivity contribution in [1.29, 1.82) is 0 Å². The summed E-state index contributed by atoms with van der Waals surface area (Å²) in [5, 5.41) is 0. The number of carbonyl (C=O) groups is 1. The van der Waals surface area contributed by atoms with Crippen LogP contribution in [0.4, 0.5) is 0 Å². The number of carbonyl (C=O) groups excluding carboxylic acids is 1. The van der Waals surface area contributed by atoms with Crippen molar-refractivity contribution in [3.63, 3.8) is 0 Å². The lowest BCUT2D eigenvalue weighted by Gasteiger charge is -2.09. The second-order valence-corrected chi connectivity index (χ2v) is 7.33. The molecule has 1 aromatic rings. The first-order valence-corrected chi connectivity index (χ1v) is 7.19. The number of Topliss-reactive ketones (excluding diaryl/α,β-unsaturated/α-hetero) is 1. The molecule has 0 saturated heterocycles. The van der Waals surface area contributed by atoms with E-state index in [9.17, 15) is 4.79 Å². The number of halogens is 1. The fourth-order valence-corrected chi connectivity index (χ4v) is 3.37. The van der Waals surface area contributed by atoms with Crippen LogP contribution in [-0.4, -0.2) is 12.9 Å². The van der Waals surface area contributed by atoms with Crippen molar-refractivity contribution < 1.29 is 9.53 Å². The maximum atomic E-state index is 12.7. The van der Waals surface area contributed by atoms with Gasteiger partial charge in [0.15, 0.2) is 5.78 Å². The Hall–Kier alpha value is -0.580. The van der Waals surface area contributed by atoms with Gasteiger partial charge in [-0.1, -0.05) is 27.7 Å². The van der Waals surface area contributed by atoms with Gasteiger partial charge in [0.05, 0.1) is 12.7 Å². The number of ether oxygens (including phenoxy) is 1. The van der Waals surface area contributed by atoms with Gasteiger partial charge in [0, 0.05) is 9.49 Å². The summed E-state index contributed by atoms with van der Waals surface area (Å²) in [7, 11) is 1.61. The summed E-state index contributed by atoms with van der Waals surface area (Å²) in [5.74, 6) is 0.969.